The van der Waals surface area contributed by atoms with Crippen LogP contribution in [0.1, 0.15) is 32.6 Å². The van der Waals surface area contributed by atoms with E-state index in [4.69, 9.17) is 11.6 Å². The lowest BCUT2D eigenvalue weighted by Gasteiger charge is -1.91. The highest BCUT2D eigenvalue weighted by atomic mass is 35.5. The molecule has 2 heteroatoms. The van der Waals surface area contributed by atoms with Gasteiger partial charge in [0.25, 0.3) is 0 Å². The van der Waals surface area contributed by atoms with Gasteiger partial charge in [0.1, 0.15) is 5.83 Å². The van der Waals surface area contributed by atoms with E-state index in [2.05, 4.69) is 6.92 Å². The minimum atomic E-state index is -0.197. The topological polar surface area (TPSA) is 0 Å². The van der Waals surface area contributed by atoms with E-state index in [1.165, 1.54) is 12.8 Å². The molecule has 0 aliphatic carbocycles. The van der Waals surface area contributed by atoms with Crippen LogP contribution in [-0.4, -0.2) is 5.88 Å². The lowest BCUT2D eigenvalue weighted by molar-refractivity contribution is 0.628. The number of unbranched alkanes of at least 4 members (excludes halogenated alkanes) is 3. The first-order chi connectivity index (χ1) is 4.81. The lowest BCUT2D eigenvalue weighted by Crippen LogP contribution is -1.76. The Morgan fingerprint density at radius 2 is 2.20 bits per heavy atom. The Labute approximate surface area is 67.1 Å². The summed E-state index contributed by atoms with van der Waals surface area (Å²) in [5.41, 5.74) is 0. The van der Waals surface area contributed by atoms with E-state index in [0.717, 1.165) is 12.8 Å². The van der Waals surface area contributed by atoms with Gasteiger partial charge in [0.15, 0.2) is 0 Å². The van der Waals surface area contributed by atoms with Crippen LogP contribution in [0.3, 0.4) is 0 Å². The van der Waals surface area contributed by atoms with Gasteiger partial charge in [-0.3, -0.25) is 0 Å². The van der Waals surface area contributed by atoms with Crippen molar-refractivity contribution in [1.82, 2.24) is 0 Å². The molecule has 60 valence electrons. The Morgan fingerprint density at radius 1 is 1.50 bits per heavy atom. The molecular formula is C8H14ClF. The van der Waals surface area contributed by atoms with Crippen molar-refractivity contribution in [3.05, 3.63) is 11.9 Å². The fourth-order valence-corrected chi connectivity index (χ4v) is 0.817. The van der Waals surface area contributed by atoms with Crippen LogP contribution in [0.4, 0.5) is 4.39 Å². The van der Waals surface area contributed by atoms with Crippen molar-refractivity contribution in [2.75, 3.05) is 5.88 Å². The third-order valence-electron chi connectivity index (χ3n) is 1.30. The predicted molar refractivity (Wildman–Crippen MR) is 44.1 cm³/mol. The van der Waals surface area contributed by atoms with E-state index in [-0.39, 0.29) is 11.7 Å². The van der Waals surface area contributed by atoms with Crippen LogP contribution >= 0.6 is 11.6 Å². The molecule has 0 N–H and O–H groups in total. The van der Waals surface area contributed by atoms with Crippen LogP contribution in [0.15, 0.2) is 11.9 Å². The SMILES string of the molecule is CCCCC/C=C(\F)CCl. The highest BCUT2D eigenvalue weighted by Gasteiger charge is 1.89. The lowest BCUT2D eigenvalue weighted by atomic mass is 10.2. The first-order valence-electron chi connectivity index (χ1n) is 3.71. The fourth-order valence-electron chi connectivity index (χ4n) is 0.708. The second-order valence-electron chi connectivity index (χ2n) is 2.28. The number of allylic oxidation sites excluding steroid dienone is 2. The summed E-state index contributed by atoms with van der Waals surface area (Å²) in [6.07, 6.45) is 5.82. The minimum absolute atomic E-state index is 0.0200. The Kier molecular flexibility index (Phi) is 7.04. The largest absolute Gasteiger partial charge is 0.211 e. The number of alkyl halides is 1. The third-order valence-corrected chi connectivity index (χ3v) is 1.56. The van der Waals surface area contributed by atoms with Crippen molar-refractivity contribution in [3.8, 4) is 0 Å². The molecule has 0 aromatic rings. The molecule has 0 bridgehead atoms. The molecule has 0 aliphatic rings. The van der Waals surface area contributed by atoms with Gasteiger partial charge in [-0.05, 0) is 12.8 Å². The third kappa shape index (κ3) is 6.09. The van der Waals surface area contributed by atoms with Crippen LogP contribution in [0, 0.1) is 0 Å². The van der Waals surface area contributed by atoms with Crippen molar-refractivity contribution in [1.29, 1.82) is 0 Å². The van der Waals surface area contributed by atoms with Crippen LogP contribution in [0.2, 0.25) is 0 Å². The van der Waals surface area contributed by atoms with Gasteiger partial charge < -0.3 is 0 Å². The van der Waals surface area contributed by atoms with Gasteiger partial charge in [-0.25, -0.2) is 4.39 Å². The summed E-state index contributed by atoms with van der Waals surface area (Å²) >= 11 is 5.22. The van der Waals surface area contributed by atoms with Gasteiger partial charge in [0.2, 0.25) is 0 Å². The molecule has 0 saturated heterocycles. The first kappa shape index (κ1) is 9.96. The summed E-state index contributed by atoms with van der Waals surface area (Å²) in [6.45, 7) is 2.13. The van der Waals surface area contributed by atoms with Crippen LogP contribution in [0.25, 0.3) is 0 Å². The Hall–Kier alpha value is -0.0400. The van der Waals surface area contributed by atoms with Crippen LogP contribution in [0.5, 0.6) is 0 Å². The van der Waals surface area contributed by atoms with Gasteiger partial charge in [-0.2, -0.15) is 0 Å². The van der Waals surface area contributed by atoms with Gasteiger partial charge >= 0.3 is 0 Å². The average Bonchev–Trinajstić information content (AvgIpc) is 1.98. The minimum Gasteiger partial charge on any atom is -0.211 e. The molecule has 0 aromatic heterocycles. The summed E-state index contributed by atoms with van der Waals surface area (Å²) in [5, 5.41) is 0. The molecule has 0 aliphatic heterocycles. The Bertz CT molecular complexity index is 99.4. The fraction of sp³-hybridized carbons (Fsp3) is 0.750. The summed E-state index contributed by atoms with van der Waals surface area (Å²) in [7, 11) is 0. The van der Waals surface area contributed by atoms with Crippen molar-refractivity contribution in [2.45, 2.75) is 32.6 Å². The van der Waals surface area contributed by atoms with E-state index in [1.807, 2.05) is 0 Å². The normalized spacial score (nSPS) is 12.1. The van der Waals surface area contributed by atoms with Gasteiger partial charge in [0.05, 0.1) is 5.88 Å². The Morgan fingerprint density at radius 3 is 2.70 bits per heavy atom. The predicted octanol–water partition coefficient (Wildman–Crippen LogP) is 3.66. The van der Waals surface area contributed by atoms with Gasteiger partial charge in [0, 0.05) is 0 Å². The number of rotatable bonds is 5. The molecule has 0 radical (unpaired) electrons. The van der Waals surface area contributed by atoms with Gasteiger partial charge in [-0.1, -0.05) is 25.8 Å². The maximum absolute atomic E-state index is 12.3. The van der Waals surface area contributed by atoms with Crippen molar-refractivity contribution in [2.24, 2.45) is 0 Å². The van der Waals surface area contributed by atoms with Crippen LogP contribution in [-0.2, 0) is 0 Å². The van der Waals surface area contributed by atoms with E-state index < -0.39 is 0 Å². The summed E-state index contributed by atoms with van der Waals surface area (Å²) in [5.74, 6) is -0.177. The molecule has 0 rings (SSSR count). The average molecular weight is 165 g/mol. The molecule has 0 fully saturated rings. The highest BCUT2D eigenvalue weighted by Crippen LogP contribution is 2.05. The number of hydrogen-bond donors (Lipinski definition) is 0. The number of hydrogen-bond acceptors (Lipinski definition) is 0. The summed E-state index contributed by atoms with van der Waals surface area (Å²) < 4.78 is 12.3. The molecule has 0 amide bonds. The molecule has 0 unspecified atom stereocenters. The van der Waals surface area contributed by atoms with E-state index in [9.17, 15) is 4.39 Å². The van der Waals surface area contributed by atoms with E-state index in [1.54, 1.807) is 6.08 Å². The standard InChI is InChI=1S/C8H14ClF/c1-2-3-4-5-6-8(10)7-9/h6H,2-5,7H2,1H3/b8-6-. The second kappa shape index (κ2) is 7.07. The van der Waals surface area contributed by atoms with E-state index in [0.29, 0.717) is 0 Å². The maximum atomic E-state index is 12.3. The zero-order chi connectivity index (χ0) is 7.82. The molecule has 0 aromatic carbocycles. The zero-order valence-electron chi connectivity index (χ0n) is 6.37. The van der Waals surface area contributed by atoms with Gasteiger partial charge in [-0.15, -0.1) is 11.6 Å². The van der Waals surface area contributed by atoms with E-state index >= 15 is 0 Å². The van der Waals surface area contributed by atoms with Crippen LogP contribution < -0.4 is 0 Å². The number of halogens is 2. The molecule has 0 spiro atoms. The zero-order valence-corrected chi connectivity index (χ0v) is 7.12. The summed E-state index contributed by atoms with van der Waals surface area (Å²) in [4.78, 5) is 0. The second-order valence-corrected chi connectivity index (χ2v) is 2.55. The van der Waals surface area contributed by atoms with Crippen molar-refractivity contribution in [3.63, 3.8) is 0 Å². The Balaban J connectivity index is 3.16. The molecular weight excluding hydrogens is 151 g/mol. The maximum Gasteiger partial charge on any atom is 0.111 e. The van der Waals surface area contributed by atoms with Crippen molar-refractivity contribution >= 4 is 11.6 Å². The summed E-state index contributed by atoms with van der Waals surface area (Å²) in [6, 6.07) is 0. The molecule has 0 saturated carbocycles. The first-order valence-corrected chi connectivity index (χ1v) is 4.25. The molecule has 0 nitrogen and oxygen atoms in total. The highest BCUT2D eigenvalue weighted by molar-refractivity contribution is 6.19. The molecule has 0 heterocycles. The smallest absolute Gasteiger partial charge is 0.111 e. The molecule has 10 heavy (non-hydrogen) atoms. The monoisotopic (exact) mass is 164 g/mol. The van der Waals surface area contributed by atoms with Crippen molar-refractivity contribution < 1.29 is 4.39 Å². The molecule has 0 atom stereocenters. The quantitative estimate of drug-likeness (QED) is 0.430.